The molecular formula is C30H52O4S. The van der Waals surface area contributed by atoms with Crippen LogP contribution in [-0.2, 0) is 19.1 Å². The van der Waals surface area contributed by atoms with Gasteiger partial charge >= 0.3 is 11.9 Å². The van der Waals surface area contributed by atoms with E-state index in [0.717, 1.165) is 56.6 Å². The van der Waals surface area contributed by atoms with Crippen molar-refractivity contribution in [2.45, 2.75) is 124 Å². The Balaban J connectivity index is 0.000000623. The van der Waals surface area contributed by atoms with Gasteiger partial charge in [-0.05, 0) is 107 Å². The molecule has 0 heterocycles. The van der Waals surface area contributed by atoms with Crippen LogP contribution in [-0.4, -0.2) is 35.7 Å². The molecular weight excluding hydrogens is 456 g/mol. The Bertz CT molecular complexity index is 715. The van der Waals surface area contributed by atoms with Gasteiger partial charge in [0.15, 0.2) is 0 Å². The largest absolute Gasteiger partial charge is 0.462 e. The Morgan fingerprint density at radius 2 is 1.71 bits per heavy atom. The summed E-state index contributed by atoms with van der Waals surface area (Å²) in [6, 6.07) is 0. The highest BCUT2D eigenvalue weighted by molar-refractivity contribution is 7.98. The molecule has 0 aromatic rings. The van der Waals surface area contributed by atoms with Gasteiger partial charge in [-0.1, -0.05) is 40.5 Å². The predicted molar refractivity (Wildman–Crippen MR) is 145 cm³/mol. The summed E-state index contributed by atoms with van der Waals surface area (Å²) in [5.74, 6) is 3.75. The second-order valence-electron chi connectivity index (χ2n) is 12.8. The van der Waals surface area contributed by atoms with Crippen LogP contribution in [0.1, 0.15) is 112 Å². The lowest BCUT2D eigenvalue weighted by molar-refractivity contribution is -0.171. The number of esters is 2. The van der Waals surface area contributed by atoms with Crippen molar-refractivity contribution in [1.29, 1.82) is 0 Å². The number of ether oxygens (including phenoxy) is 2. The summed E-state index contributed by atoms with van der Waals surface area (Å²) in [5.41, 5.74) is -0.636. The van der Waals surface area contributed by atoms with Crippen molar-refractivity contribution < 1.29 is 19.1 Å². The monoisotopic (exact) mass is 508 g/mol. The lowest BCUT2D eigenvalue weighted by atomic mass is 9.76. The van der Waals surface area contributed by atoms with Crippen molar-refractivity contribution in [1.82, 2.24) is 0 Å². The molecule has 4 saturated carbocycles. The van der Waals surface area contributed by atoms with Crippen molar-refractivity contribution in [3.63, 3.8) is 0 Å². The quantitative estimate of drug-likeness (QED) is 0.315. The number of hydrogen-bond acceptors (Lipinski definition) is 5. The zero-order valence-electron chi connectivity index (χ0n) is 23.6. The maximum absolute atomic E-state index is 13.1. The molecule has 35 heavy (non-hydrogen) atoms. The van der Waals surface area contributed by atoms with Crippen molar-refractivity contribution >= 4 is 23.7 Å². The number of fused-ring (bicyclic) bond motifs is 5. The molecule has 4 fully saturated rings. The third kappa shape index (κ3) is 6.60. The van der Waals surface area contributed by atoms with Gasteiger partial charge in [-0.2, -0.15) is 11.8 Å². The molecule has 4 nitrogen and oxygen atoms in total. The highest BCUT2D eigenvalue weighted by Gasteiger charge is 2.60. The zero-order valence-corrected chi connectivity index (χ0v) is 24.4. The molecule has 7 unspecified atom stereocenters. The van der Waals surface area contributed by atoms with Gasteiger partial charge < -0.3 is 9.47 Å². The average Bonchev–Trinajstić information content (AvgIpc) is 3.52. The van der Waals surface area contributed by atoms with Crippen LogP contribution < -0.4 is 0 Å². The summed E-state index contributed by atoms with van der Waals surface area (Å²) >= 11 is 1.72. The molecule has 0 N–H and O–H groups in total. The standard InChI is InChI=1S/C25H40O4S.C5H12/c1-5-24(2,15-30-4)23(27)28-20-14-16-13-19(20)17-9-10-18(21(16)17)22(26)29-25(3)11-7-6-8-12-25;1-4-5(2)3/h16-21H,5-15H2,1-4H3;5H,4H2,1-3H3. The lowest BCUT2D eigenvalue weighted by Gasteiger charge is -2.37. The molecule has 0 spiro atoms. The van der Waals surface area contributed by atoms with Crippen LogP contribution in [0, 0.1) is 40.9 Å². The smallest absolute Gasteiger partial charge is 0.312 e. The van der Waals surface area contributed by atoms with Crippen LogP contribution in [0.2, 0.25) is 0 Å². The van der Waals surface area contributed by atoms with Crippen molar-refractivity contribution in [3.8, 4) is 0 Å². The summed E-state index contributed by atoms with van der Waals surface area (Å²) in [6.45, 7) is 12.9. The Morgan fingerprint density at radius 1 is 1.06 bits per heavy atom. The first kappa shape index (κ1) is 28.9. The van der Waals surface area contributed by atoms with E-state index in [0.29, 0.717) is 23.7 Å². The summed E-state index contributed by atoms with van der Waals surface area (Å²) in [6.07, 6.45) is 14.0. The van der Waals surface area contributed by atoms with Gasteiger partial charge in [0, 0.05) is 5.75 Å². The Labute approximate surface area is 219 Å². The highest BCUT2D eigenvalue weighted by atomic mass is 32.2. The first-order valence-electron chi connectivity index (χ1n) is 14.5. The molecule has 5 heteroatoms. The van der Waals surface area contributed by atoms with Crippen LogP contribution >= 0.6 is 11.8 Å². The first-order valence-corrected chi connectivity index (χ1v) is 15.9. The van der Waals surface area contributed by atoms with E-state index in [2.05, 4.69) is 40.9 Å². The molecule has 202 valence electrons. The molecule has 0 saturated heterocycles. The van der Waals surface area contributed by atoms with Crippen LogP contribution in [0.3, 0.4) is 0 Å². The fourth-order valence-electron chi connectivity index (χ4n) is 7.10. The van der Waals surface area contributed by atoms with E-state index in [4.69, 9.17) is 9.47 Å². The van der Waals surface area contributed by atoms with Gasteiger partial charge in [0.25, 0.3) is 0 Å². The Morgan fingerprint density at radius 3 is 2.29 bits per heavy atom. The Kier molecular flexibility index (Phi) is 10.1. The van der Waals surface area contributed by atoms with E-state index < -0.39 is 5.41 Å². The topological polar surface area (TPSA) is 52.6 Å². The van der Waals surface area contributed by atoms with E-state index in [1.165, 1.54) is 25.7 Å². The van der Waals surface area contributed by atoms with E-state index in [1.54, 1.807) is 11.8 Å². The number of thioether (sulfide) groups is 1. The van der Waals surface area contributed by atoms with Gasteiger partial charge in [0.1, 0.15) is 11.7 Å². The minimum absolute atomic E-state index is 0.0207. The third-order valence-corrected chi connectivity index (χ3v) is 10.7. The maximum Gasteiger partial charge on any atom is 0.312 e. The summed E-state index contributed by atoms with van der Waals surface area (Å²) in [4.78, 5) is 26.1. The van der Waals surface area contributed by atoms with E-state index in [9.17, 15) is 9.59 Å². The second-order valence-corrected chi connectivity index (χ2v) is 13.7. The molecule has 0 amide bonds. The fourth-order valence-corrected chi connectivity index (χ4v) is 8.06. The van der Waals surface area contributed by atoms with Crippen molar-refractivity contribution in [2.75, 3.05) is 12.0 Å². The highest BCUT2D eigenvalue weighted by Crippen LogP contribution is 2.62. The van der Waals surface area contributed by atoms with Gasteiger partial charge in [-0.3, -0.25) is 9.59 Å². The van der Waals surface area contributed by atoms with Crippen molar-refractivity contribution in [2.24, 2.45) is 40.9 Å². The molecule has 4 rings (SSSR count). The molecule has 4 aliphatic rings. The predicted octanol–water partition coefficient (Wildman–Crippen LogP) is 7.68. The van der Waals surface area contributed by atoms with E-state index >= 15 is 0 Å². The summed E-state index contributed by atoms with van der Waals surface area (Å²) < 4.78 is 12.3. The summed E-state index contributed by atoms with van der Waals surface area (Å²) in [7, 11) is 0. The molecule has 0 radical (unpaired) electrons. The molecule has 2 bridgehead atoms. The number of carbonyl (C=O) groups is 2. The maximum atomic E-state index is 13.1. The second kappa shape index (κ2) is 12.2. The lowest BCUT2D eigenvalue weighted by Crippen LogP contribution is -2.41. The van der Waals surface area contributed by atoms with Gasteiger partial charge in [-0.15, -0.1) is 0 Å². The molecule has 0 aromatic heterocycles. The zero-order chi connectivity index (χ0) is 25.8. The third-order valence-electron chi connectivity index (χ3n) is 9.82. The molecule has 0 aliphatic heterocycles. The number of hydrogen-bond donors (Lipinski definition) is 0. The average molecular weight is 509 g/mol. The van der Waals surface area contributed by atoms with Crippen LogP contribution in [0.15, 0.2) is 0 Å². The van der Waals surface area contributed by atoms with Crippen LogP contribution in [0.4, 0.5) is 0 Å². The number of rotatable bonds is 8. The molecule has 7 atom stereocenters. The Hall–Kier alpha value is -0.710. The fraction of sp³-hybridized carbons (Fsp3) is 0.933. The van der Waals surface area contributed by atoms with Crippen molar-refractivity contribution in [3.05, 3.63) is 0 Å². The van der Waals surface area contributed by atoms with Gasteiger partial charge in [0.2, 0.25) is 0 Å². The first-order chi connectivity index (χ1) is 16.6. The van der Waals surface area contributed by atoms with E-state index in [1.807, 2.05) is 6.92 Å². The SMILES string of the molecule is CCC(C)(CSC)C(=O)OC1CC2CC1C1CCC(C(=O)OC3(C)CCCCC3)C21.CCC(C)C. The molecule has 0 aromatic carbocycles. The minimum atomic E-state index is -0.391. The minimum Gasteiger partial charge on any atom is -0.462 e. The molecule has 4 aliphatic carbocycles. The normalized spacial score (nSPS) is 34.5. The van der Waals surface area contributed by atoms with Gasteiger partial charge in [0.05, 0.1) is 11.3 Å². The number of carbonyl (C=O) groups excluding carboxylic acids is 2. The van der Waals surface area contributed by atoms with Crippen LogP contribution in [0.25, 0.3) is 0 Å². The van der Waals surface area contributed by atoms with E-state index in [-0.39, 0.29) is 29.6 Å². The van der Waals surface area contributed by atoms with Gasteiger partial charge in [-0.25, -0.2) is 0 Å². The summed E-state index contributed by atoms with van der Waals surface area (Å²) in [5, 5.41) is 0. The van der Waals surface area contributed by atoms with Crippen LogP contribution in [0.5, 0.6) is 0 Å².